The molecule has 22 rings (SSSR count). The fraction of sp³-hybridized carbons (Fsp3) is 0.0109. The van der Waals surface area contributed by atoms with Gasteiger partial charge in [-0.25, -0.2) is 0 Å². The molecule has 0 amide bonds. The van der Waals surface area contributed by atoms with Crippen molar-refractivity contribution in [2.75, 3.05) is 0 Å². The third kappa shape index (κ3) is 10.3. The average Bonchev–Trinajstić information content (AvgIpc) is 1.54. The van der Waals surface area contributed by atoms with E-state index in [0.717, 1.165) is 137 Å². The molecule has 0 saturated carbocycles. The zero-order valence-corrected chi connectivity index (χ0v) is 59.8. The monoisotopic (exact) mass is 1550 g/mol. The summed E-state index contributed by atoms with van der Waals surface area (Å²) in [5, 5.41) is 24.2. The fourth-order valence-electron chi connectivity index (χ4n) is 15.5. The van der Waals surface area contributed by atoms with Gasteiger partial charge in [0, 0.05) is 89.0 Å². The van der Waals surface area contributed by atoms with Crippen molar-refractivity contribution in [3.63, 3.8) is 0 Å². The highest BCUT2D eigenvalue weighted by molar-refractivity contribution is 14.1. The Morgan fingerprint density at radius 3 is 1.28 bits per heavy atom. The molecule has 0 unspecified atom stereocenters. The highest BCUT2D eigenvalue weighted by Crippen LogP contribution is 2.46. The Labute approximate surface area is 615 Å². The van der Waals surface area contributed by atoms with Gasteiger partial charge in [0.1, 0.15) is 33.5 Å². The maximum atomic E-state index is 10.2. The van der Waals surface area contributed by atoms with Crippen LogP contribution in [0.5, 0.6) is 0 Å². The first-order chi connectivity index (χ1) is 50.3. The van der Waals surface area contributed by atoms with E-state index in [0.29, 0.717) is 5.56 Å². The lowest BCUT2D eigenvalue weighted by Gasteiger charge is -2.13. The molecule has 0 fully saturated rings. The van der Waals surface area contributed by atoms with E-state index in [-0.39, 0.29) is 0 Å². The van der Waals surface area contributed by atoms with E-state index in [1.54, 1.807) is 0 Å². The van der Waals surface area contributed by atoms with Crippen LogP contribution in [0.3, 0.4) is 0 Å². The molecule has 0 bridgehead atoms. The minimum absolute atomic E-state index is 0.619. The Bertz CT molecular complexity index is 6950. The van der Waals surface area contributed by atoms with Crippen LogP contribution in [0.2, 0.25) is 0 Å². The molecule has 0 spiro atoms. The predicted molar refractivity (Wildman–Crippen MR) is 437 cm³/mol. The van der Waals surface area contributed by atoms with Crippen LogP contribution < -0.4 is 0 Å². The second-order valence-corrected chi connectivity index (χ2v) is 28.8. The van der Waals surface area contributed by atoms with Crippen LogP contribution in [-0.2, 0) is 6.42 Å². The van der Waals surface area contributed by atoms with Gasteiger partial charge in [-0.3, -0.25) is 0 Å². The summed E-state index contributed by atoms with van der Waals surface area (Å²) in [6, 6.07) is 114. The van der Waals surface area contributed by atoms with E-state index in [1.807, 2.05) is 60.7 Å². The fourth-order valence-corrected chi connectivity index (χ4v) is 17.3. The van der Waals surface area contributed by atoms with Gasteiger partial charge in [0.05, 0.1) is 55.5 Å². The van der Waals surface area contributed by atoms with Crippen LogP contribution in [0.1, 0.15) is 16.7 Å². The molecule has 0 radical (unpaired) electrons. The van der Waals surface area contributed by atoms with Gasteiger partial charge in [0.15, 0.2) is 0 Å². The van der Waals surface area contributed by atoms with Gasteiger partial charge >= 0.3 is 0 Å². The van der Waals surface area contributed by atoms with Gasteiger partial charge < -0.3 is 27.0 Å². The first-order valence-electron chi connectivity index (χ1n) is 33.8. The lowest BCUT2D eigenvalue weighted by atomic mass is 10.0. The van der Waals surface area contributed by atoms with E-state index in [4.69, 9.17) is 13.3 Å². The minimum atomic E-state index is 0.619. The van der Waals surface area contributed by atoms with Crippen LogP contribution in [0.4, 0.5) is 0 Å². The number of hydrogen-bond acceptors (Lipinski definition) is 4. The minimum Gasteiger partial charge on any atom is -0.455 e. The van der Waals surface area contributed by atoms with Gasteiger partial charge in [-0.2, -0.15) is 5.26 Å². The zero-order valence-electron chi connectivity index (χ0n) is 54.5. The Morgan fingerprint density at radius 1 is 0.314 bits per heavy atom. The first kappa shape index (κ1) is 61.4. The van der Waals surface area contributed by atoms with Gasteiger partial charge in [-0.15, -0.1) is 0 Å². The molecule has 0 saturated heterocycles. The Morgan fingerprint density at radius 2 is 0.745 bits per heavy atom. The van der Waals surface area contributed by atoms with Crippen LogP contribution in [-0.4, -0.2) is 13.7 Å². The molecule has 102 heavy (non-hydrogen) atoms. The topological polar surface area (TPSA) is 78.0 Å². The Balaban J connectivity index is 0.000000109. The second-order valence-electron chi connectivity index (χ2n) is 25.7. The Kier molecular flexibility index (Phi) is 15.1. The second kappa shape index (κ2) is 25.2. The van der Waals surface area contributed by atoms with E-state index in [1.165, 1.54) is 63.7 Å². The van der Waals surface area contributed by atoms with E-state index >= 15 is 0 Å². The number of nitriles is 1. The van der Waals surface area contributed by atoms with Crippen molar-refractivity contribution in [3.8, 4) is 45.4 Å². The van der Waals surface area contributed by atoms with Crippen molar-refractivity contribution >= 4 is 186 Å². The molecular formula is C92H55Br2IN4O3. The molecule has 7 nitrogen and oxygen atoms in total. The number of fused-ring (bicyclic) bond motifs is 24. The SMILES string of the molecule is Brc1cccc(-n2c3ccccc3c3c4oc5ccccc5c4ccc32)c1.Brc1cccc(I)c1.N#Cc1cc(-c2cccc(-n3c4ccccc4c4c5oc6ccccc6c5ccc43)c2)cc(-n2c3ccccc3c3ccccc32)c1.c1ccc2c(c1)Cc1ccc3c(oc4ccccc43)c1-2. The van der Waals surface area contributed by atoms with Crippen molar-refractivity contribution in [2.45, 2.75) is 6.42 Å². The number of hydrogen-bond donors (Lipinski definition) is 0. The molecule has 482 valence electrons. The summed E-state index contributed by atoms with van der Waals surface area (Å²) in [6.07, 6.45) is 1.01. The van der Waals surface area contributed by atoms with Gasteiger partial charge in [-0.1, -0.05) is 220 Å². The summed E-state index contributed by atoms with van der Waals surface area (Å²) in [7, 11) is 0. The van der Waals surface area contributed by atoms with Crippen molar-refractivity contribution in [1.82, 2.24) is 13.7 Å². The van der Waals surface area contributed by atoms with Crippen molar-refractivity contribution < 1.29 is 13.3 Å². The molecule has 1 aliphatic carbocycles. The summed E-state index contributed by atoms with van der Waals surface area (Å²) < 4.78 is 29.3. The normalized spacial score (nSPS) is 11.8. The molecule has 21 aromatic rings. The molecular weight excluding hydrogens is 1500 g/mol. The van der Waals surface area contributed by atoms with Crippen molar-refractivity contribution in [3.05, 3.63) is 351 Å². The van der Waals surface area contributed by atoms with Crippen LogP contribution in [0.15, 0.2) is 344 Å². The lowest BCUT2D eigenvalue weighted by Crippen LogP contribution is -1.97. The van der Waals surface area contributed by atoms with Crippen LogP contribution in [0, 0.1) is 14.9 Å². The Hall–Kier alpha value is -11.7. The third-order valence-electron chi connectivity index (χ3n) is 19.8. The highest BCUT2D eigenvalue weighted by Gasteiger charge is 2.25. The number of aromatic nitrogens is 3. The molecule has 0 atom stereocenters. The summed E-state index contributed by atoms with van der Waals surface area (Å²) in [6.45, 7) is 0. The van der Waals surface area contributed by atoms with Gasteiger partial charge in [0.25, 0.3) is 0 Å². The highest BCUT2D eigenvalue weighted by atomic mass is 127. The summed E-state index contributed by atoms with van der Waals surface area (Å²) in [5.41, 5.74) is 23.6. The average molecular weight is 1550 g/mol. The first-order valence-corrected chi connectivity index (χ1v) is 36.4. The van der Waals surface area contributed by atoms with Gasteiger partial charge in [0.2, 0.25) is 0 Å². The number of furan rings is 3. The quantitative estimate of drug-likeness (QED) is 0.165. The van der Waals surface area contributed by atoms with Gasteiger partial charge in [-0.05, 0) is 190 Å². The van der Waals surface area contributed by atoms with E-state index in [9.17, 15) is 5.26 Å². The van der Waals surface area contributed by atoms with E-state index < -0.39 is 0 Å². The third-order valence-corrected chi connectivity index (χ3v) is 21.5. The number of para-hydroxylation sites is 7. The molecule has 0 N–H and O–H groups in total. The zero-order chi connectivity index (χ0) is 68.1. The number of halogens is 3. The lowest BCUT2D eigenvalue weighted by molar-refractivity contribution is 0.670. The van der Waals surface area contributed by atoms with Crippen LogP contribution in [0.25, 0.3) is 171 Å². The maximum Gasteiger partial charge on any atom is 0.145 e. The molecule has 6 heterocycles. The maximum absolute atomic E-state index is 10.2. The molecule has 0 aliphatic heterocycles. The molecule has 6 aromatic heterocycles. The van der Waals surface area contributed by atoms with Crippen molar-refractivity contribution in [1.29, 1.82) is 5.26 Å². The smallest absolute Gasteiger partial charge is 0.145 e. The number of benzene rings is 15. The summed E-state index contributed by atoms with van der Waals surface area (Å²) in [5.74, 6) is 0. The largest absolute Gasteiger partial charge is 0.455 e. The molecule has 10 heteroatoms. The summed E-state index contributed by atoms with van der Waals surface area (Å²) >= 11 is 9.24. The number of rotatable bonds is 4. The molecule has 1 aliphatic rings. The number of nitrogens with zero attached hydrogens (tertiary/aromatic N) is 4. The standard InChI is InChI=1S/C43H25N3O.C24H14BrNO.C19H12O.C6H4BrI/c44-26-27-22-29(25-31(23-27)46-37-16-5-1-12-32(37)33-13-2-6-17-38(33)46)28-10-9-11-30(24-28)45-39-18-7-3-15-36(39)42-40(45)21-20-35-34-14-4-8-19-41(34)47-43(35)42;25-15-6-5-7-16(14-15)26-20-10-3-1-9-19(20)23-21(26)13-12-18-17-8-2-4-11-22(17)27-24(18)23;1-2-6-14-12(5-1)11-13-9-10-16-15-7-3-4-8-17(15)20-19(16)18(13)14;7-5-2-1-3-6(8)4-5/h1-25H;1-14H;1-10H,11H2;1-4H. The molecule has 15 aromatic carbocycles. The van der Waals surface area contributed by atoms with Crippen molar-refractivity contribution in [2.24, 2.45) is 0 Å². The predicted octanol–water partition coefficient (Wildman–Crippen LogP) is 27.0. The van der Waals surface area contributed by atoms with Crippen LogP contribution >= 0.6 is 54.5 Å². The van der Waals surface area contributed by atoms with E-state index in [2.05, 4.69) is 335 Å². The summed E-state index contributed by atoms with van der Waals surface area (Å²) in [4.78, 5) is 0.